The van der Waals surface area contributed by atoms with Crippen molar-refractivity contribution >= 4 is 5.57 Å². The number of hydrogen-bond donors (Lipinski definition) is 0. The van der Waals surface area contributed by atoms with Crippen LogP contribution in [0.2, 0.25) is 0 Å². The maximum Gasteiger partial charge on any atom is -0.00665 e. The Hall–Kier alpha value is -1.30. The molecule has 0 N–H and O–H groups in total. The van der Waals surface area contributed by atoms with Crippen molar-refractivity contribution in [3.05, 3.63) is 54.1 Å². The summed E-state index contributed by atoms with van der Waals surface area (Å²) in [7, 11) is 0. The highest BCUT2D eigenvalue weighted by atomic mass is 14.1. The molecule has 0 aromatic heterocycles. The van der Waals surface area contributed by atoms with E-state index in [2.05, 4.69) is 38.3 Å². The molecular weight excluding hydrogens is 156 g/mol. The lowest BCUT2D eigenvalue weighted by Gasteiger charge is -2.08. The van der Waals surface area contributed by atoms with Gasteiger partial charge in [-0.05, 0) is 31.4 Å². The van der Waals surface area contributed by atoms with Crippen LogP contribution in [0.3, 0.4) is 0 Å². The molecule has 68 valence electrons. The molecule has 0 amide bonds. The molecule has 1 rings (SSSR count). The van der Waals surface area contributed by atoms with E-state index in [-0.39, 0.29) is 0 Å². The second kappa shape index (κ2) is 4.08. The van der Waals surface area contributed by atoms with Gasteiger partial charge < -0.3 is 0 Å². The predicted molar refractivity (Wildman–Crippen MR) is 59.7 cm³/mol. The summed E-state index contributed by atoms with van der Waals surface area (Å²) >= 11 is 0. The van der Waals surface area contributed by atoms with E-state index in [0.29, 0.717) is 0 Å². The standard InChI is InChI=1S/C13H16/c1-10(2)9-12-7-5-6-8-13(12)11(3)4/h5-8H,1,3,9H2,2,4H3. The predicted octanol–water partition coefficient (Wildman–Crippen LogP) is 3.84. The van der Waals surface area contributed by atoms with Crippen molar-refractivity contribution in [2.24, 2.45) is 0 Å². The van der Waals surface area contributed by atoms with Crippen LogP contribution in [0.1, 0.15) is 25.0 Å². The first-order valence-corrected chi connectivity index (χ1v) is 4.49. The lowest BCUT2D eigenvalue weighted by molar-refractivity contribution is 1.14. The van der Waals surface area contributed by atoms with Gasteiger partial charge in [0.2, 0.25) is 0 Å². The van der Waals surface area contributed by atoms with Gasteiger partial charge in [-0.15, -0.1) is 0 Å². The quantitative estimate of drug-likeness (QED) is 0.608. The molecule has 1 aromatic rings. The second-order valence-corrected chi connectivity index (χ2v) is 3.57. The number of benzene rings is 1. The monoisotopic (exact) mass is 172 g/mol. The maximum atomic E-state index is 3.96. The first-order chi connectivity index (χ1) is 6.11. The second-order valence-electron chi connectivity index (χ2n) is 3.57. The molecule has 0 nitrogen and oxygen atoms in total. The molecule has 0 bridgehead atoms. The normalized spacial score (nSPS) is 9.69. The van der Waals surface area contributed by atoms with E-state index in [0.717, 1.165) is 12.0 Å². The molecule has 0 aliphatic rings. The molecule has 0 aliphatic carbocycles. The molecule has 0 unspecified atom stereocenters. The third kappa shape index (κ3) is 2.59. The zero-order valence-corrected chi connectivity index (χ0v) is 8.43. The van der Waals surface area contributed by atoms with Crippen molar-refractivity contribution in [2.75, 3.05) is 0 Å². The van der Waals surface area contributed by atoms with Gasteiger partial charge >= 0.3 is 0 Å². The summed E-state index contributed by atoms with van der Waals surface area (Å²) in [6.45, 7) is 12.0. The van der Waals surface area contributed by atoms with Crippen molar-refractivity contribution in [3.63, 3.8) is 0 Å². The highest BCUT2D eigenvalue weighted by Gasteiger charge is 2.01. The smallest absolute Gasteiger partial charge is 0.00665 e. The summed E-state index contributed by atoms with van der Waals surface area (Å²) in [5, 5.41) is 0. The topological polar surface area (TPSA) is 0 Å². The number of allylic oxidation sites excluding steroid dienone is 2. The van der Waals surface area contributed by atoms with Gasteiger partial charge in [-0.25, -0.2) is 0 Å². The van der Waals surface area contributed by atoms with Gasteiger partial charge in [0.25, 0.3) is 0 Å². The molecule has 13 heavy (non-hydrogen) atoms. The van der Waals surface area contributed by atoms with E-state index in [9.17, 15) is 0 Å². The Morgan fingerprint density at radius 1 is 1.15 bits per heavy atom. The van der Waals surface area contributed by atoms with Crippen LogP contribution < -0.4 is 0 Å². The van der Waals surface area contributed by atoms with E-state index in [1.807, 2.05) is 13.0 Å². The molecule has 0 saturated heterocycles. The molecular formula is C13H16. The molecule has 1 aromatic carbocycles. The third-order valence-corrected chi connectivity index (χ3v) is 1.97. The molecule has 0 aliphatic heterocycles. The van der Waals surface area contributed by atoms with Crippen molar-refractivity contribution in [2.45, 2.75) is 20.3 Å². The summed E-state index contributed by atoms with van der Waals surface area (Å²) in [5.41, 5.74) is 4.89. The fourth-order valence-corrected chi connectivity index (χ4v) is 1.42. The van der Waals surface area contributed by atoms with Gasteiger partial charge in [0.1, 0.15) is 0 Å². The van der Waals surface area contributed by atoms with Crippen LogP contribution in [0.25, 0.3) is 5.57 Å². The van der Waals surface area contributed by atoms with Crippen LogP contribution in [0.5, 0.6) is 0 Å². The molecule has 0 heterocycles. The molecule has 0 heteroatoms. The first kappa shape index (κ1) is 9.79. The summed E-state index contributed by atoms with van der Waals surface area (Å²) in [4.78, 5) is 0. The summed E-state index contributed by atoms with van der Waals surface area (Å²) in [6.07, 6.45) is 0.947. The minimum absolute atomic E-state index is 0.947. The lowest BCUT2D eigenvalue weighted by atomic mass is 9.97. The Labute approximate surface area is 80.6 Å². The van der Waals surface area contributed by atoms with E-state index in [1.54, 1.807) is 0 Å². The molecule has 0 saturated carbocycles. The van der Waals surface area contributed by atoms with Crippen LogP contribution in [0.4, 0.5) is 0 Å². The van der Waals surface area contributed by atoms with E-state index in [1.165, 1.54) is 16.7 Å². The maximum absolute atomic E-state index is 3.96. The highest BCUT2D eigenvalue weighted by Crippen LogP contribution is 2.19. The average Bonchev–Trinajstić information content (AvgIpc) is 2.03. The highest BCUT2D eigenvalue weighted by molar-refractivity contribution is 5.64. The summed E-state index contributed by atoms with van der Waals surface area (Å²) in [5.74, 6) is 0. The van der Waals surface area contributed by atoms with Gasteiger partial charge in [0, 0.05) is 0 Å². The van der Waals surface area contributed by atoms with Crippen LogP contribution in [-0.2, 0) is 6.42 Å². The van der Waals surface area contributed by atoms with E-state index >= 15 is 0 Å². The molecule has 0 atom stereocenters. The zero-order chi connectivity index (χ0) is 9.84. The number of rotatable bonds is 3. The van der Waals surface area contributed by atoms with Gasteiger partial charge in [0.05, 0.1) is 0 Å². The fourth-order valence-electron chi connectivity index (χ4n) is 1.42. The van der Waals surface area contributed by atoms with Crippen LogP contribution >= 0.6 is 0 Å². The Morgan fingerprint density at radius 3 is 2.31 bits per heavy atom. The molecule has 0 radical (unpaired) electrons. The van der Waals surface area contributed by atoms with Gasteiger partial charge in [-0.2, -0.15) is 0 Å². The fraction of sp³-hybridized carbons (Fsp3) is 0.231. The van der Waals surface area contributed by atoms with Crippen LogP contribution in [0.15, 0.2) is 43.0 Å². The largest absolute Gasteiger partial charge is 0.0998 e. The summed E-state index contributed by atoms with van der Waals surface area (Å²) in [6, 6.07) is 8.36. The van der Waals surface area contributed by atoms with Gasteiger partial charge in [-0.1, -0.05) is 48.6 Å². The van der Waals surface area contributed by atoms with Crippen molar-refractivity contribution in [1.29, 1.82) is 0 Å². The zero-order valence-electron chi connectivity index (χ0n) is 8.43. The third-order valence-electron chi connectivity index (χ3n) is 1.97. The van der Waals surface area contributed by atoms with Crippen LogP contribution in [0, 0.1) is 0 Å². The first-order valence-electron chi connectivity index (χ1n) is 4.49. The SMILES string of the molecule is C=C(C)Cc1ccccc1C(=C)C. The Balaban J connectivity index is 3.04. The Morgan fingerprint density at radius 2 is 1.77 bits per heavy atom. The summed E-state index contributed by atoms with van der Waals surface area (Å²) < 4.78 is 0. The Bertz CT molecular complexity index is 332. The lowest BCUT2D eigenvalue weighted by Crippen LogP contribution is -1.91. The van der Waals surface area contributed by atoms with E-state index < -0.39 is 0 Å². The average molecular weight is 172 g/mol. The van der Waals surface area contributed by atoms with Crippen molar-refractivity contribution < 1.29 is 0 Å². The van der Waals surface area contributed by atoms with Gasteiger partial charge in [-0.3, -0.25) is 0 Å². The van der Waals surface area contributed by atoms with Crippen molar-refractivity contribution in [1.82, 2.24) is 0 Å². The van der Waals surface area contributed by atoms with Crippen molar-refractivity contribution in [3.8, 4) is 0 Å². The number of hydrogen-bond acceptors (Lipinski definition) is 0. The van der Waals surface area contributed by atoms with Crippen LogP contribution in [-0.4, -0.2) is 0 Å². The Kier molecular flexibility index (Phi) is 3.07. The minimum Gasteiger partial charge on any atom is -0.0998 e. The minimum atomic E-state index is 0.947. The molecule has 0 spiro atoms. The molecule has 0 fully saturated rings. The van der Waals surface area contributed by atoms with Gasteiger partial charge in [0.15, 0.2) is 0 Å². The van der Waals surface area contributed by atoms with E-state index in [4.69, 9.17) is 0 Å².